The van der Waals surface area contributed by atoms with Gasteiger partial charge in [0.1, 0.15) is 11.4 Å². The number of rotatable bonds is 5. The van der Waals surface area contributed by atoms with Crippen LogP contribution in [0.5, 0.6) is 5.75 Å². The Morgan fingerprint density at radius 1 is 1.40 bits per heavy atom. The molecule has 6 heteroatoms. The van der Waals surface area contributed by atoms with Crippen LogP contribution in [0.15, 0.2) is 23.3 Å². The molecule has 78 valence electrons. The first-order valence-corrected chi connectivity index (χ1v) is 4.01. The van der Waals surface area contributed by atoms with Crippen LogP contribution in [0.25, 0.3) is 0 Å². The van der Waals surface area contributed by atoms with E-state index in [1.807, 2.05) is 0 Å². The molecule has 0 saturated carbocycles. The Morgan fingerprint density at radius 2 is 2.07 bits per heavy atom. The highest BCUT2D eigenvalue weighted by Gasteiger charge is 2.08. The third-order valence-corrected chi connectivity index (χ3v) is 1.81. The number of carbonyl (C=O) groups excluding carboxylic acids is 2. The Bertz CT molecular complexity index is 384. The monoisotopic (exact) mass is 207 g/mol. The van der Waals surface area contributed by atoms with Crippen molar-refractivity contribution in [1.29, 1.82) is 5.53 Å². The molecule has 15 heavy (non-hydrogen) atoms. The zero-order valence-electron chi connectivity index (χ0n) is 8.01. The number of nitrogens with zero attached hydrogens (tertiary/aromatic N) is 2. The van der Waals surface area contributed by atoms with E-state index in [1.54, 1.807) is 0 Å². The number of amides is 2. The van der Waals surface area contributed by atoms with Gasteiger partial charge >= 0.3 is 0 Å². The van der Waals surface area contributed by atoms with Gasteiger partial charge in [-0.3, -0.25) is 14.5 Å². The van der Waals surface area contributed by atoms with Crippen LogP contribution in [0.2, 0.25) is 0 Å². The van der Waals surface area contributed by atoms with Gasteiger partial charge in [-0.1, -0.05) is 0 Å². The maximum Gasteiger partial charge on any atom is 0.220 e. The SMILES string of the molecule is COc1cc(N(C=O)C=O)ccc1N=N. The van der Waals surface area contributed by atoms with Crippen molar-refractivity contribution >= 4 is 24.2 Å². The van der Waals surface area contributed by atoms with Crippen molar-refractivity contribution in [2.45, 2.75) is 0 Å². The van der Waals surface area contributed by atoms with Gasteiger partial charge in [0.25, 0.3) is 0 Å². The van der Waals surface area contributed by atoms with E-state index in [1.165, 1.54) is 25.3 Å². The molecular formula is C9H9N3O3. The van der Waals surface area contributed by atoms with Crippen molar-refractivity contribution in [3.63, 3.8) is 0 Å². The average Bonchev–Trinajstić information content (AvgIpc) is 2.30. The van der Waals surface area contributed by atoms with E-state index < -0.39 is 0 Å². The molecule has 1 aromatic carbocycles. The predicted molar refractivity (Wildman–Crippen MR) is 52.4 cm³/mol. The van der Waals surface area contributed by atoms with Crippen LogP contribution >= 0.6 is 0 Å². The van der Waals surface area contributed by atoms with Crippen molar-refractivity contribution in [2.75, 3.05) is 12.0 Å². The highest BCUT2D eigenvalue weighted by molar-refractivity contribution is 5.95. The third-order valence-electron chi connectivity index (χ3n) is 1.81. The lowest BCUT2D eigenvalue weighted by Crippen LogP contribution is -2.17. The van der Waals surface area contributed by atoms with E-state index in [0.717, 1.165) is 4.90 Å². The molecular weight excluding hydrogens is 198 g/mol. The second kappa shape index (κ2) is 4.85. The summed E-state index contributed by atoms with van der Waals surface area (Å²) in [5, 5.41) is 3.22. The average molecular weight is 207 g/mol. The molecule has 0 unspecified atom stereocenters. The Hall–Kier alpha value is -2.24. The quantitative estimate of drug-likeness (QED) is 0.586. The number of hydrogen-bond acceptors (Lipinski definition) is 5. The molecule has 0 radical (unpaired) electrons. The minimum Gasteiger partial charge on any atom is -0.494 e. The molecule has 1 aromatic rings. The summed E-state index contributed by atoms with van der Waals surface area (Å²) in [7, 11) is 1.42. The Labute approximate surface area is 86.0 Å². The van der Waals surface area contributed by atoms with Gasteiger partial charge < -0.3 is 4.74 Å². The van der Waals surface area contributed by atoms with E-state index in [4.69, 9.17) is 10.3 Å². The van der Waals surface area contributed by atoms with Crippen molar-refractivity contribution in [3.05, 3.63) is 18.2 Å². The first-order valence-electron chi connectivity index (χ1n) is 4.01. The standard InChI is InChI=1S/C9H9N3O3/c1-15-9-4-7(12(5-13)6-14)2-3-8(9)11-10/h2-6,10H,1H3. The van der Waals surface area contributed by atoms with E-state index in [2.05, 4.69) is 5.11 Å². The summed E-state index contributed by atoms with van der Waals surface area (Å²) in [6, 6.07) is 4.44. The summed E-state index contributed by atoms with van der Waals surface area (Å²) in [5.74, 6) is 0.330. The number of hydrogen-bond donors (Lipinski definition) is 1. The first kappa shape index (κ1) is 10.8. The lowest BCUT2D eigenvalue weighted by Gasteiger charge is -2.11. The minimum absolute atomic E-state index is 0.330. The zero-order chi connectivity index (χ0) is 11.3. The summed E-state index contributed by atoms with van der Waals surface area (Å²) in [6.45, 7) is 0. The summed E-state index contributed by atoms with van der Waals surface area (Å²) < 4.78 is 4.94. The molecule has 2 amide bonds. The van der Waals surface area contributed by atoms with Crippen molar-refractivity contribution in [3.8, 4) is 5.75 Å². The number of carbonyl (C=O) groups is 2. The number of anilines is 1. The van der Waals surface area contributed by atoms with Crippen LogP contribution in [0.1, 0.15) is 0 Å². The fraction of sp³-hybridized carbons (Fsp3) is 0.111. The fourth-order valence-electron chi connectivity index (χ4n) is 1.07. The number of methoxy groups -OCH3 is 1. The Kier molecular flexibility index (Phi) is 3.50. The van der Waals surface area contributed by atoms with Crippen LogP contribution in [0.3, 0.4) is 0 Å². The van der Waals surface area contributed by atoms with Crippen LogP contribution in [-0.2, 0) is 9.59 Å². The van der Waals surface area contributed by atoms with Crippen LogP contribution in [0.4, 0.5) is 11.4 Å². The largest absolute Gasteiger partial charge is 0.494 e. The third kappa shape index (κ3) is 2.16. The molecule has 0 aliphatic carbocycles. The Balaban J connectivity index is 3.17. The molecule has 0 spiro atoms. The van der Waals surface area contributed by atoms with Crippen molar-refractivity contribution < 1.29 is 14.3 Å². The van der Waals surface area contributed by atoms with Gasteiger partial charge in [0.15, 0.2) is 0 Å². The van der Waals surface area contributed by atoms with E-state index >= 15 is 0 Å². The van der Waals surface area contributed by atoms with Crippen LogP contribution in [-0.4, -0.2) is 19.9 Å². The van der Waals surface area contributed by atoms with E-state index in [-0.39, 0.29) is 0 Å². The number of benzene rings is 1. The minimum atomic E-state index is 0.330. The van der Waals surface area contributed by atoms with Gasteiger partial charge in [-0.25, -0.2) is 5.53 Å². The molecule has 6 nitrogen and oxygen atoms in total. The summed E-state index contributed by atoms with van der Waals surface area (Å²) in [5.41, 5.74) is 7.54. The number of nitrogens with one attached hydrogen (secondary N) is 1. The van der Waals surface area contributed by atoms with Crippen molar-refractivity contribution in [1.82, 2.24) is 0 Å². The smallest absolute Gasteiger partial charge is 0.220 e. The molecule has 0 fully saturated rings. The second-order valence-electron chi connectivity index (χ2n) is 2.59. The summed E-state index contributed by atoms with van der Waals surface area (Å²) in [4.78, 5) is 21.8. The number of imide groups is 1. The van der Waals surface area contributed by atoms with Crippen LogP contribution < -0.4 is 9.64 Å². The van der Waals surface area contributed by atoms with Gasteiger partial charge in [0.05, 0.1) is 12.8 Å². The van der Waals surface area contributed by atoms with Crippen LogP contribution in [0, 0.1) is 5.53 Å². The lowest BCUT2D eigenvalue weighted by atomic mass is 10.2. The molecule has 0 aliphatic heterocycles. The topological polar surface area (TPSA) is 82.8 Å². The normalized spacial score (nSPS) is 9.13. The molecule has 0 bridgehead atoms. The predicted octanol–water partition coefficient (Wildman–Crippen LogP) is 1.48. The van der Waals surface area contributed by atoms with Crippen molar-refractivity contribution in [2.24, 2.45) is 5.11 Å². The Morgan fingerprint density at radius 3 is 2.53 bits per heavy atom. The fourth-order valence-corrected chi connectivity index (χ4v) is 1.07. The highest BCUT2D eigenvalue weighted by atomic mass is 16.5. The lowest BCUT2D eigenvalue weighted by molar-refractivity contribution is -0.113. The highest BCUT2D eigenvalue weighted by Crippen LogP contribution is 2.31. The second-order valence-corrected chi connectivity index (χ2v) is 2.59. The molecule has 1 N–H and O–H groups in total. The van der Waals surface area contributed by atoms with Gasteiger partial charge in [0.2, 0.25) is 12.8 Å². The maximum atomic E-state index is 10.5. The summed E-state index contributed by atoms with van der Waals surface area (Å²) in [6.07, 6.45) is 0.776. The molecule has 0 heterocycles. The molecule has 0 atom stereocenters. The van der Waals surface area contributed by atoms with E-state index in [0.29, 0.717) is 29.9 Å². The molecule has 0 aromatic heterocycles. The first-order chi connectivity index (χ1) is 7.26. The maximum absolute atomic E-state index is 10.5. The van der Waals surface area contributed by atoms with Gasteiger partial charge in [-0.15, -0.1) is 0 Å². The zero-order valence-corrected chi connectivity index (χ0v) is 8.01. The summed E-state index contributed by atoms with van der Waals surface area (Å²) >= 11 is 0. The molecule has 1 rings (SSSR count). The molecule has 0 saturated heterocycles. The van der Waals surface area contributed by atoms with Gasteiger partial charge in [-0.2, -0.15) is 5.11 Å². The number of ether oxygens (including phenoxy) is 1. The molecule has 0 aliphatic rings. The van der Waals surface area contributed by atoms with Gasteiger partial charge in [-0.05, 0) is 12.1 Å². The van der Waals surface area contributed by atoms with Gasteiger partial charge in [0, 0.05) is 6.07 Å². The van der Waals surface area contributed by atoms with E-state index in [9.17, 15) is 9.59 Å².